The fourth-order valence-electron chi connectivity index (χ4n) is 3.41. The predicted molar refractivity (Wildman–Crippen MR) is 116 cm³/mol. The molecule has 0 saturated carbocycles. The second-order valence-corrected chi connectivity index (χ2v) is 7.19. The van der Waals surface area contributed by atoms with Crippen molar-refractivity contribution in [3.8, 4) is 0 Å². The van der Waals surface area contributed by atoms with E-state index in [1.165, 1.54) is 4.57 Å². The minimum Gasteiger partial charge on any atom is -0.457 e. The Morgan fingerprint density at radius 2 is 1.83 bits per heavy atom. The van der Waals surface area contributed by atoms with Crippen LogP contribution in [0.25, 0.3) is 10.9 Å². The van der Waals surface area contributed by atoms with Crippen LogP contribution in [-0.2, 0) is 35.8 Å². The number of Topliss-reactive ketones (excluding diaryl/α,β-unsaturated/α-hetero) is 1. The van der Waals surface area contributed by atoms with Gasteiger partial charge in [0.2, 0.25) is 5.78 Å². The summed E-state index contributed by atoms with van der Waals surface area (Å²) >= 11 is 0. The van der Waals surface area contributed by atoms with Crippen molar-refractivity contribution in [1.82, 2.24) is 9.55 Å². The Labute approximate surface area is 175 Å². The SMILES string of the molecule is CCc1ccc(CC)c(C(=O)COC(=O)CCc2nc3ccccc3c(=O)n2C)c1. The normalized spacial score (nSPS) is 10.9. The van der Waals surface area contributed by atoms with E-state index in [-0.39, 0.29) is 30.8 Å². The molecule has 30 heavy (non-hydrogen) atoms. The number of fused-ring (bicyclic) bond motifs is 1. The number of esters is 1. The lowest BCUT2D eigenvalue weighted by molar-refractivity contribution is -0.142. The third kappa shape index (κ3) is 4.64. The van der Waals surface area contributed by atoms with E-state index in [9.17, 15) is 14.4 Å². The number of para-hydroxylation sites is 1. The van der Waals surface area contributed by atoms with E-state index in [4.69, 9.17) is 4.74 Å². The molecule has 156 valence electrons. The first kappa shape index (κ1) is 21.4. The molecular formula is C24H26N2O4. The summed E-state index contributed by atoms with van der Waals surface area (Å²) in [6.45, 7) is 3.73. The summed E-state index contributed by atoms with van der Waals surface area (Å²) < 4.78 is 6.66. The molecule has 0 bridgehead atoms. The number of rotatable bonds is 8. The van der Waals surface area contributed by atoms with Crippen molar-refractivity contribution in [2.75, 3.05) is 6.61 Å². The molecule has 0 fully saturated rings. The van der Waals surface area contributed by atoms with Crippen molar-refractivity contribution in [3.63, 3.8) is 0 Å². The summed E-state index contributed by atoms with van der Waals surface area (Å²) in [4.78, 5) is 41.7. The van der Waals surface area contributed by atoms with Gasteiger partial charge in [0.15, 0.2) is 6.61 Å². The van der Waals surface area contributed by atoms with E-state index in [2.05, 4.69) is 4.98 Å². The molecule has 0 aliphatic carbocycles. The quantitative estimate of drug-likeness (QED) is 0.423. The lowest BCUT2D eigenvalue weighted by Gasteiger charge is -2.11. The zero-order chi connectivity index (χ0) is 21.7. The van der Waals surface area contributed by atoms with Gasteiger partial charge in [-0.05, 0) is 42.2 Å². The number of carbonyl (C=O) groups excluding carboxylic acids is 2. The molecule has 0 saturated heterocycles. The third-order valence-corrected chi connectivity index (χ3v) is 5.26. The van der Waals surface area contributed by atoms with Crippen LogP contribution in [0.15, 0.2) is 47.3 Å². The highest BCUT2D eigenvalue weighted by Crippen LogP contribution is 2.15. The number of hydrogen-bond acceptors (Lipinski definition) is 5. The molecule has 0 spiro atoms. The van der Waals surface area contributed by atoms with Gasteiger partial charge in [-0.25, -0.2) is 4.98 Å². The number of hydrogen-bond donors (Lipinski definition) is 0. The van der Waals surface area contributed by atoms with E-state index >= 15 is 0 Å². The van der Waals surface area contributed by atoms with E-state index in [0.29, 0.717) is 22.3 Å². The van der Waals surface area contributed by atoms with Crippen LogP contribution in [0.1, 0.15) is 47.6 Å². The molecule has 0 atom stereocenters. The van der Waals surface area contributed by atoms with Crippen molar-refractivity contribution in [2.24, 2.45) is 7.05 Å². The summed E-state index contributed by atoms with van der Waals surface area (Å²) in [6, 6.07) is 13.0. The van der Waals surface area contributed by atoms with E-state index in [0.717, 1.165) is 24.0 Å². The highest BCUT2D eigenvalue weighted by molar-refractivity contribution is 5.99. The Bertz CT molecular complexity index is 1150. The highest BCUT2D eigenvalue weighted by Gasteiger charge is 2.15. The molecule has 0 aliphatic heterocycles. The molecule has 3 rings (SSSR count). The maximum atomic E-state index is 12.6. The second kappa shape index (κ2) is 9.48. The van der Waals surface area contributed by atoms with Gasteiger partial charge in [0, 0.05) is 19.0 Å². The van der Waals surface area contributed by atoms with Gasteiger partial charge in [0.25, 0.3) is 5.56 Å². The third-order valence-electron chi connectivity index (χ3n) is 5.26. The van der Waals surface area contributed by atoms with Crippen LogP contribution in [0, 0.1) is 0 Å². The fraction of sp³-hybridized carbons (Fsp3) is 0.333. The van der Waals surface area contributed by atoms with E-state index in [1.54, 1.807) is 25.2 Å². The lowest BCUT2D eigenvalue weighted by atomic mass is 9.98. The molecule has 0 radical (unpaired) electrons. The number of ether oxygens (including phenoxy) is 1. The summed E-state index contributed by atoms with van der Waals surface area (Å²) in [6.07, 6.45) is 1.87. The lowest BCUT2D eigenvalue weighted by Crippen LogP contribution is -2.23. The number of nitrogens with zero attached hydrogens (tertiary/aromatic N) is 2. The van der Waals surface area contributed by atoms with Crippen molar-refractivity contribution in [3.05, 3.63) is 75.3 Å². The van der Waals surface area contributed by atoms with Gasteiger partial charge in [-0.2, -0.15) is 0 Å². The van der Waals surface area contributed by atoms with Crippen LogP contribution >= 0.6 is 0 Å². The largest absolute Gasteiger partial charge is 0.457 e. The van der Waals surface area contributed by atoms with Gasteiger partial charge in [-0.15, -0.1) is 0 Å². The van der Waals surface area contributed by atoms with Crippen LogP contribution in [0.4, 0.5) is 0 Å². The second-order valence-electron chi connectivity index (χ2n) is 7.19. The standard InChI is InChI=1S/C24H26N2O4/c1-4-16-10-11-17(5-2)19(14-16)21(27)15-30-23(28)13-12-22-25-20-9-7-6-8-18(20)24(29)26(22)3/h6-11,14H,4-5,12-13,15H2,1-3H3. The summed E-state index contributed by atoms with van der Waals surface area (Å²) in [5, 5.41) is 0.540. The van der Waals surface area contributed by atoms with Gasteiger partial charge in [-0.3, -0.25) is 19.0 Å². The molecule has 0 amide bonds. The molecule has 1 heterocycles. The smallest absolute Gasteiger partial charge is 0.306 e. The Kier molecular flexibility index (Phi) is 6.77. The van der Waals surface area contributed by atoms with Gasteiger partial charge < -0.3 is 4.74 Å². The Hall–Kier alpha value is -3.28. The summed E-state index contributed by atoms with van der Waals surface area (Å²) in [5.74, 6) is -0.187. The number of benzene rings is 2. The molecule has 6 heteroatoms. The average molecular weight is 406 g/mol. The van der Waals surface area contributed by atoms with Gasteiger partial charge >= 0.3 is 5.97 Å². The van der Waals surface area contributed by atoms with Crippen molar-refractivity contribution >= 4 is 22.7 Å². The van der Waals surface area contributed by atoms with Crippen LogP contribution in [0.2, 0.25) is 0 Å². The molecule has 0 unspecified atom stereocenters. The van der Waals surface area contributed by atoms with Gasteiger partial charge in [0.05, 0.1) is 17.3 Å². The maximum Gasteiger partial charge on any atom is 0.306 e. The van der Waals surface area contributed by atoms with Crippen LogP contribution in [0.3, 0.4) is 0 Å². The van der Waals surface area contributed by atoms with Crippen LogP contribution in [-0.4, -0.2) is 27.9 Å². The Balaban J connectivity index is 1.63. The molecular weight excluding hydrogens is 380 g/mol. The topological polar surface area (TPSA) is 78.3 Å². The zero-order valence-corrected chi connectivity index (χ0v) is 17.6. The Morgan fingerprint density at radius 3 is 2.57 bits per heavy atom. The molecule has 2 aromatic carbocycles. The fourth-order valence-corrected chi connectivity index (χ4v) is 3.41. The number of aromatic nitrogens is 2. The van der Waals surface area contributed by atoms with Crippen molar-refractivity contribution in [1.29, 1.82) is 0 Å². The predicted octanol–water partition coefficient (Wildman–Crippen LogP) is 3.42. The van der Waals surface area contributed by atoms with E-state index in [1.807, 2.05) is 38.1 Å². The Morgan fingerprint density at radius 1 is 1.07 bits per heavy atom. The first-order valence-corrected chi connectivity index (χ1v) is 10.2. The highest BCUT2D eigenvalue weighted by atomic mass is 16.5. The average Bonchev–Trinajstić information content (AvgIpc) is 2.78. The van der Waals surface area contributed by atoms with Crippen LogP contribution in [0.5, 0.6) is 0 Å². The zero-order valence-electron chi connectivity index (χ0n) is 17.6. The number of carbonyl (C=O) groups is 2. The minimum atomic E-state index is -0.490. The molecule has 0 N–H and O–H groups in total. The monoisotopic (exact) mass is 406 g/mol. The van der Waals surface area contributed by atoms with Gasteiger partial charge in [-0.1, -0.05) is 38.1 Å². The van der Waals surface area contributed by atoms with Gasteiger partial charge in [0.1, 0.15) is 5.82 Å². The molecule has 6 nitrogen and oxygen atoms in total. The van der Waals surface area contributed by atoms with Crippen molar-refractivity contribution in [2.45, 2.75) is 39.5 Å². The minimum absolute atomic E-state index is 0.0432. The van der Waals surface area contributed by atoms with E-state index < -0.39 is 5.97 Å². The number of aryl methyl sites for hydroxylation is 3. The maximum absolute atomic E-state index is 12.6. The molecule has 1 aromatic heterocycles. The summed E-state index contributed by atoms with van der Waals surface area (Å²) in [5.41, 5.74) is 3.08. The molecule has 3 aromatic rings. The van der Waals surface area contributed by atoms with Crippen LogP contribution < -0.4 is 5.56 Å². The molecule has 0 aliphatic rings. The van der Waals surface area contributed by atoms with Crippen molar-refractivity contribution < 1.29 is 14.3 Å². The summed E-state index contributed by atoms with van der Waals surface area (Å²) in [7, 11) is 1.64. The first-order valence-electron chi connectivity index (χ1n) is 10.2. The number of ketones is 1. The first-order chi connectivity index (χ1) is 14.4.